The molecule has 1 aliphatic heterocycles. The normalized spacial score (nSPS) is 15.5. The molecule has 0 aliphatic carbocycles. The van der Waals surface area contributed by atoms with Gasteiger partial charge in [-0.1, -0.05) is 12.1 Å². The van der Waals surface area contributed by atoms with Crippen molar-refractivity contribution in [1.29, 1.82) is 0 Å². The summed E-state index contributed by atoms with van der Waals surface area (Å²) < 4.78 is 26.6. The second kappa shape index (κ2) is 11.1. The minimum atomic E-state index is -3.39. The predicted molar refractivity (Wildman–Crippen MR) is 126 cm³/mol. The number of amides is 1. The third-order valence-corrected chi connectivity index (χ3v) is 6.15. The molecule has 0 bridgehead atoms. The average Bonchev–Trinajstić information content (AvgIpc) is 3.16. The molecule has 0 atom stereocenters. The SMILES string of the molecule is CN=C(NCC(=O)NC(C)(C)C)NCc1ccc(S(=O)(=O)N2CCCC2)cc1.I. The topological polar surface area (TPSA) is 103 Å². The number of benzene rings is 1. The fourth-order valence-corrected chi connectivity index (χ4v) is 4.41. The lowest BCUT2D eigenvalue weighted by Gasteiger charge is -2.21. The maximum Gasteiger partial charge on any atom is 0.243 e. The molecule has 10 heteroatoms. The lowest BCUT2D eigenvalue weighted by molar-refractivity contribution is -0.121. The molecule has 1 aliphatic rings. The molecule has 8 nitrogen and oxygen atoms in total. The van der Waals surface area contributed by atoms with Crippen molar-refractivity contribution >= 4 is 45.9 Å². The van der Waals surface area contributed by atoms with Gasteiger partial charge in [-0.25, -0.2) is 8.42 Å². The summed E-state index contributed by atoms with van der Waals surface area (Å²) in [6, 6.07) is 6.85. The largest absolute Gasteiger partial charge is 0.352 e. The van der Waals surface area contributed by atoms with E-state index in [9.17, 15) is 13.2 Å². The van der Waals surface area contributed by atoms with E-state index in [0.717, 1.165) is 18.4 Å². The molecule has 2 rings (SSSR count). The van der Waals surface area contributed by atoms with E-state index in [1.807, 2.05) is 20.8 Å². The predicted octanol–water partition coefficient (Wildman–Crippen LogP) is 1.67. The zero-order chi connectivity index (χ0) is 20.8. The Hall–Kier alpha value is -1.40. The second-order valence-electron chi connectivity index (χ2n) is 7.83. The van der Waals surface area contributed by atoms with Crippen LogP contribution in [0.25, 0.3) is 0 Å². The van der Waals surface area contributed by atoms with Crippen LogP contribution in [0.3, 0.4) is 0 Å². The van der Waals surface area contributed by atoms with E-state index in [-0.39, 0.29) is 42.0 Å². The van der Waals surface area contributed by atoms with Crippen molar-refractivity contribution in [2.24, 2.45) is 4.99 Å². The highest BCUT2D eigenvalue weighted by Crippen LogP contribution is 2.21. The number of sulfonamides is 1. The number of nitrogens with zero attached hydrogens (tertiary/aromatic N) is 2. The van der Waals surface area contributed by atoms with Gasteiger partial charge in [-0.3, -0.25) is 9.79 Å². The first-order chi connectivity index (χ1) is 13.1. The van der Waals surface area contributed by atoms with E-state index >= 15 is 0 Å². The number of hydrogen-bond acceptors (Lipinski definition) is 4. The van der Waals surface area contributed by atoms with Crippen LogP contribution in [-0.4, -0.2) is 56.8 Å². The number of carbonyl (C=O) groups excluding carboxylic acids is 1. The highest BCUT2D eigenvalue weighted by molar-refractivity contribution is 14.0. The first-order valence-electron chi connectivity index (χ1n) is 9.46. The summed E-state index contributed by atoms with van der Waals surface area (Å²) in [7, 11) is -1.76. The number of hydrogen-bond donors (Lipinski definition) is 3. The van der Waals surface area contributed by atoms with Gasteiger partial charge in [0, 0.05) is 32.2 Å². The minimum Gasteiger partial charge on any atom is -0.352 e. The Bertz CT molecular complexity index is 798. The zero-order valence-corrected chi connectivity index (χ0v) is 20.6. The maximum atomic E-state index is 12.5. The molecule has 0 saturated carbocycles. The molecule has 1 amide bonds. The first kappa shape index (κ1) is 25.6. The average molecular weight is 537 g/mol. The highest BCUT2D eigenvalue weighted by atomic mass is 127. The van der Waals surface area contributed by atoms with Crippen LogP contribution in [0.2, 0.25) is 0 Å². The number of rotatable bonds is 6. The van der Waals surface area contributed by atoms with Crippen molar-refractivity contribution in [3.63, 3.8) is 0 Å². The van der Waals surface area contributed by atoms with Crippen LogP contribution in [-0.2, 0) is 21.4 Å². The summed E-state index contributed by atoms with van der Waals surface area (Å²) in [5, 5.41) is 8.95. The quantitative estimate of drug-likeness (QED) is 0.291. The molecule has 1 fully saturated rings. The third-order valence-electron chi connectivity index (χ3n) is 4.24. The fourth-order valence-electron chi connectivity index (χ4n) is 2.89. The summed E-state index contributed by atoms with van der Waals surface area (Å²) in [4.78, 5) is 16.3. The van der Waals surface area contributed by atoms with Crippen molar-refractivity contribution in [3.8, 4) is 0 Å². The van der Waals surface area contributed by atoms with Gasteiger partial charge >= 0.3 is 0 Å². The van der Waals surface area contributed by atoms with Gasteiger partial charge in [-0.15, -0.1) is 24.0 Å². The standard InChI is InChI=1S/C19H31N5O3S.HI/c1-19(2,3)23-17(25)14-22-18(20-4)21-13-15-7-9-16(10-8-15)28(26,27)24-11-5-6-12-24;/h7-10H,5-6,11-14H2,1-4H3,(H,23,25)(H2,20,21,22);1H. The zero-order valence-electron chi connectivity index (χ0n) is 17.5. The molecule has 29 heavy (non-hydrogen) atoms. The van der Waals surface area contributed by atoms with E-state index in [1.165, 1.54) is 4.31 Å². The summed E-state index contributed by atoms with van der Waals surface area (Å²) in [5.74, 6) is 0.379. The number of carbonyl (C=O) groups is 1. The Morgan fingerprint density at radius 3 is 2.21 bits per heavy atom. The molecular formula is C19H32IN5O3S. The van der Waals surface area contributed by atoms with Gasteiger partial charge in [0.2, 0.25) is 15.9 Å². The van der Waals surface area contributed by atoms with Crippen LogP contribution in [0.4, 0.5) is 0 Å². The lowest BCUT2D eigenvalue weighted by atomic mass is 10.1. The lowest BCUT2D eigenvalue weighted by Crippen LogP contribution is -2.48. The molecule has 0 unspecified atom stereocenters. The van der Waals surface area contributed by atoms with Crippen LogP contribution in [0.15, 0.2) is 34.2 Å². The van der Waals surface area contributed by atoms with Crippen molar-refractivity contribution in [3.05, 3.63) is 29.8 Å². The van der Waals surface area contributed by atoms with Gasteiger partial charge in [0.1, 0.15) is 0 Å². The van der Waals surface area contributed by atoms with Crippen molar-refractivity contribution in [2.45, 2.75) is 50.6 Å². The monoisotopic (exact) mass is 537 g/mol. The van der Waals surface area contributed by atoms with E-state index in [4.69, 9.17) is 0 Å². The molecule has 0 aromatic heterocycles. The van der Waals surface area contributed by atoms with Crippen molar-refractivity contribution < 1.29 is 13.2 Å². The summed E-state index contributed by atoms with van der Waals surface area (Å²) in [6.45, 7) is 7.53. The molecule has 1 heterocycles. The smallest absolute Gasteiger partial charge is 0.243 e. The van der Waals surface area contributed by atoms with Crippen molar-refractivity contribution in [2.75, 3.05) is 26.7 Å². The number of aliphatic imine (C=N–C) groups is 1. The first-order valence-corrected chi connectivity index (χ1v) is 10.9. The molecule has 0 radical (unpaired) electrons. The highest BCUT2D eigenvalue weighted by Gasteiger charge is 2.26. The van der Waals surface area contributed by atoms with E-state index in [1.54, 1.807) is 31.3 Å². The van der Waals surface area contributed by atoms with Gasteiger partial charge < -0.3 is 16.0 Å². The van der Waals surface area contributed by atoms with Gasteiger partial charge in [0.05, 0.1) is 11.4 Å². The number of halogens is 1. The summed E-state index contributed by atoms with van der Waals surface area (Å²) in [6.07, 6.45) is 1.84. The number of nitrogens with one attached hydrogen (secondary N) is 3. The Morgan fingerprint density at radius 1 is 1.10 bits per heavy atom. The van der Waals surface area contributed by atoms with Gasteiger partial charge in [-0.05, 0) is 51.3 Å². The maximum absolute atomic E-state index is 12.5. The Labute approximate surface area is 191 Å². The van der Waals surface area contributed by atoms with Crippen LogP contribution < -0.4 is 16.0 Å². The van der Waals surface area contributed by atoms with E-state index in [2.05, 4.69) is 20.9 Å². The summed E-state index contributed by atoms with van der Waals surface area (Å²) >= 11 is 0. The van der Waals surface area contributed by atoms with Crippen LogP contribution >= 0.6 is 24.0 Å². The van der Waals surface area contributed by atoms with Crippen molar-refractivity contribution in [1.82, 2.24) is 20.3 Å². The molecule has 3 N–H and O–H groups in total. The van der Waals surface area contributed by atoms with E-state index in [0.29, 0.717) is 30.5 Å². The third kappa shape index (κ3) is 8.09. The Balaban J connectivity index is 0.00000420. The van der Waals surface area contributed by atoms with Crippen LogP contribution in [0, 0.1) is 0 Å². The molecule has 1 aromatic rings. The van der Waals surface area contributed by atoms with Gasteiger partial charge in [0.15, 0.2) is 5.96 Å². The molecular weight excluding hydrogens is 505 g/mol. The Kier molecular flexibility index (Phi) is 9.83. The van der Waals surface area contributed by atoms with E-state index < -0.39 is 10.0 Å². The van der Waals surface area contributed by atoms with Gasteiger partial charge in [-0.2, -0.15) is 4.31 Å². The fraction of sp³-hybridized carbons (Fsp3) is 0.579. The second-order valence-corrected chi connectivity index (χ2v) is 9.77. The van der Waals surface area contributed by atoms with Gasteiger partial charge in [0.25, 0.3) is 0 Å². The molecule has 0 spiro atoms. The van der Waals surface area contributed by atoms with Crippen LogP contribution in [0.5, 0.6) is 0 Å². The molecule has 1 saturated heterocycles. The Morgan fingerprint density at radius 2 is 1.69 bits per heavy atom. The summed E-state index contributed by atoms with van der Waals surface area (Å²) in [5.41, 5.74) is 0.634. The molecule has 1 aromatic carbocycles. The minimum absolute atomic E-state index is 0. The van der Waals surface area contributed by atoms with Crippen LogP contribution in [0.1, 0.15) is 39.2 Å². The number of guanidine groups is 1. The molecule has 164 valence electrons.